The fourth-order valence-electron chi connectivity index (χ4n) is 2.05. The number of carbonyl (C=O) groups is 2. The SMILES string of the molecule is CCC(OC(=O)/C=C/C(=O)OCC(F)(F)C(F)(F)C(F)(F)C(F)F)c1ccccc1. The van der Waals surface area contributed by atoms with Crippen molar-refractivity contribution in [3.8, 4) is 0 Å². The van der Waals surface area contributed by atoms with Gasteiger partial charge >= 0.3 is 36.1 Å². The Kier molecular flexibility index (Phi) is 8.37. The lowest BCUT2D eigenvalue weighted by molar-refractivity contribution is -0.344. The van der Waals surface area contributed by atoms with E-state index < -0.39 is 48.8 Å². The van der Waals surface area contributed by atoms with Gasteiger partial charge in [0.2, 0.25) is 0 Å². The minimum Gasteiger partial charge on any atom is -0.456 e. The second-order valence-corrected chi connectivity index (χ2v) is 5.89. The average molecular weight is 448 g/mol. The third-order valence-electron chi connectivity index (χ3n) is 3.70. The van der Waals surface area contributed by atoms with Gasteiger partial charge in [0.15, 0.2) is 6.61 Å². The molecular formula is C18H16F8O4. The summed E-state index contributed by atoms with van der Waals surface area (Å²) in [6.45, 7) is -0.942. The predicted octanol–water partition coefficient (Wildman–Crippen LogP) is 4.95. The molecule has 1 rings (SSSR count). The summed E-state index contributed by atoms with van der Waals surface area (Å²) in [5.74, 6) is -21.6. The van der Waals surface area contributed by atoms with Crippen LogP contribution in [0.3, 0.4) is 0 Å². The Labute approximate surface area is 165 Å². The predicted molar refractivity (Wildman–Crippen MR) is 86.5 cm³/mol. The van der Waals surface area contributed by atoms with Gasteiger partial charge in [0.05, 0.1) is 0 Å². The lowest BCUT2D eigenvalue weighted by Crippen LogP contribution is -2.59. The summed E-state index contributed by atoms with van der Waals surface area (Å²) in [4.78, 5) is 23.0. The molecule has 1 aromatic carbocycles. The largest absolute Gasteiger partial charge is 0.456 e. The van der Waals surface area contributed by atoms with Gasteiger partial charge in [0.1, 0.15) is 6.10 Å². The molecule has 0 saturated heterocycles. The van der Waals surface area contributed by atoms with Crippen molar-refractivity contribution in [2.45, 2.75) is 43.6 Å². The van der Waals surface area contributed by atoms with Gasteiger partial charge in [-0.25, -0.2) is 18.4 Å². The maximum Gasteiger partial charge on any atom is 0.381 e. The number of benzene rings is 1. The Morgan fingerprint density at radius 3 is 2.00 bits per heavy atom. The fraction of sp³-hybridized carbons (Fsp3) is 0.444. The molecule has 0 aliphatic heterocycles. The number of alkyl halides is 8. The molecule has 0 aromatic heterocycles. The van der Waals surface area contributed by atoms with Gasteiger partial charge in [-0.3, -0.25) is 0 Å². The van der Waals surface area contributed by atoms with Crippen LogP contribution in [0.15, 0.2) is 42.5 Å². The molecule has 12 heteroatoms. The third kappa shape index (κ3) is 5.92. The first kappa shape index (κ1) is 25.4. The Morgan fingerprint density at radius 1 is 0.967 bits per heavy atom. The van der Waals surface area contributed by atoms with Crippen molar-refractivity contribution in [1.82, 2.24) is 0 Å². The molecule has 30 heavy (non-hydrogen) atoms. The number of ether oxygens (including phenoxy) is 2. The molecular weight excluding hydrogens is 432 g/mol. The standard InChI is InChI=1S/C18H16F8O4/c1-2-12(11-6-4-3-5-7-11)30-14(28)9-8-13(27)29-10-16(21,22)18(25,26)17(23,24)15(19)20/h3-9,12,15H,2,10H2,1H3/b9-8+. The number of rotatable bonds is 10. The summed E-state index contributed by atoms with van der Waals surface area (Å²) < 4.78 is 111. The molecule has 0 N–H and O–H groups in total. The first-order valence-corrected chi connectivity index (χ1v) is 8.28. The van der Waals surface area contributed by atoms with Crippen molar-refractivity contribution in [1.29, 1.82) is 0 Å². The van der Waals surface area contributed by atoms with Crippen molar-refractivity contribution in [2.24, 2.45) is 0 Å². The molecule has 1 unspecified atom stereocenters. The second-order valence-electron chi connectivity index (χ2n) is 5.89. The summed E-state index contributed by atoms with van der Waals surface area (Å²) in [6, 6.07) is 8.36. The Morgan fingerprint density at radius 2 is 1.50 bits per heavy atom. The highest BCUT2D eigenvalue weighted by Gasteiger charge is 2.75. The molecule has 1 atom stereocenters. The number of halogens is 8. The number of esters is 2. The van der Waals surface area contributed by atoms with E-state index in [4.69, 9.17) is 4.74 Å². The smallest absolute Gasteiger partial charge is 0.381 e. The van der Waals surface area contributed by atoms with E-state index in [9.17, 15) is 44.7 Å². The molecule has 0 heterocycles. The monoisotopic (exact) mass is 448 g/mol. The molecule has 4 nitrogen and oxygen atoms in total. The Balaban J connectivity index is 2.68. The molecule has 0 aliphatic carbocycles. The highest BCUT2D eigenvalue weighted by Crippen LogP contribution is 2.48. The molecule has 1 aromatic rings. The number of hydrogen-bond acceptors (Lipinski definition) is 4. The quantitative estimate of drug-likeness (QED) is 0.289. The maximum absolute atomic E-state index is 13.3. The summed E-state index contributed by atoms with van der Waals surface area (Å²) in [5, 5.41) is 0. The van der Waals surface area contributed by atoms with Crippen molar-refractivity contribution in [3.63, 3.8) is 0 Å². The van der Waals surface area contributed by atoms with Crippen LogP contribution in [-0.4, -0.2) is 42.7 Å². The molecule has 168 valence electrons. The van der Waals surface area contributed by atoms with Crippen LogP contribution >= 0.6 is 0 Å². The average Bonchev–Trinajstić information content (AvgIpc) is 2.69. The molecule has 0 aliphatic rings. The molecule has 0 radical (unpaired) electrons. The van der Waals surface area contributed by atoms with E-state index in [1.165, 1.54) is 0 Å². The van der Waals surface area contributed by atoms with Gasteiger partial charge in [-0.05, 0) is 12.0 Å². The molecule has 0 amide bonds. The first-order valence-electron chi connectivity index (χ1n) is 8.28. The summed E-state index contributed by atoms with van der Waals surface area (Å²) in [6.07, 6.45) is -4.77. The van der Waals surface area contributed by atoms with Crippen LogP contribution in [0.2, 0.25) is 0 Å². The zero-order valence-corrected chi connectivity index (χ0v) is 15.3. The van der Waals surface area contributed by atoms with Crippen molar-refractivity contribution < 1.29 is 54.2 Å². The first-order chi connectivity index (χ1) is 13.8. The van der Waals surface area contributed by atoms with Crippen LogP contribution in [0, 0.1) is 0 Å². The zero-order valence-electron chi connectivity index (χ0n) is 15.3. The molecule has 0 saturated carbocycles. The van der Waals surface area contributed by atoms with Crippen molar-refractivity contribution in [2.75, 3.05) is 6.61 Å². The number of carbonyl (C=O) groups excluding carboxylic acids is 2. The molecule has 0 bridgehead atoms. The van der Waals surface area contributed by atoms with E-state index in [0.29, 0.717) is 18.1 Å². The van der Waals surface area contributed by atoms with Gasteiger partial charge in [-0.1, -0.05) is 37.3 Å². The van der Waals surface area contributed by atoms with E-state index in [1.54, 1.807) is 37.3 Å². The topological polar surface area (TPSA) is 52.6 Å². The Hall–Kier alpha value is -2.66. The Bertz CT molecular complexity index is 750. The molecule has 0 spiro atoms. The van der Waals surface area contributed by atoms with Crippen LogP contribution < -0.4 is 0 Å². The third-order valence-corrected chi connectivity index (χ3v) is 3.70. The van der Waals surface area contributed by atoms with E-state index in [0.717, 1.165) is 0 Å². The summed E-state index contributed by atoms with van der Waals surface area (Å²) in [5.41, 5.74) is 0.617. The van der Waals surface area contributed by atoms with Gasteiger partial charge in [0.25, 0.3) is 0 Å². The fourth-order valence-corrected chi connectivity index (χ4v) is 2.05. The van der Waals surface area contributed by atoms with Gasteiger partial charge in [-0.2, -0.15) is 26.3 Å². The second kappa shape index (κ2) is 9.90. The van der Waals surface area contributed by atoms with Crippen LogP contribution in [0.4, 0.5) is 35.1 Å². The van der Waals surface area contributed by atoms with E-state index in [-0.39, 0.29) is 6.08 Å². The normalized spacial score (nSPS) is 14.1. The summed E-state index contributed by atoms with van der Waals surface area (Å²) in [7, 11) is 0. The van der Waals surface area contributed by atoms with Gasteiger partial charge in [-0.15, -0.1) is 0 Å². The van der Waals surface area contributed by atoms with Crippen molar-refractivity contribution in [3.05, 3.63) is 48.0 Å². The van der Waals surface area contributed by atoms with Crippen LogP contribution in [0.5, 0.6) is 0 Å². The maximum atomic E-state index is 13.3. The number of hydrogen-bond donors (Lipinski definition) is 0. The van der Waals surface area contributed by atoms with E-state index in [1.807, 2.05) is 0 Å². The van der Waals surface area contributed by atoms with Crippen LogP contribution in [-0.2, 0) is 19.1 Å². The van der Waals surface area contributed by atoms with Crippen LogP contribution in [0.25, 0.3) is 0 Å². The lowest BCUT2D eigenvalue weighted by atomic mass is 10.1. The lowest BCUT2D eigenvalue weighted by Gasteiger charge is -2.31. The van der Waals surface area contributed by atoms with Crippen LogP contribution in [0.1, 0.15) is 25.0 Å². The highest BCUT2D eigenvalue weighted by molar-refractivity contribution is 5.91. The van der Waals surface area contributed by atoms with Gasteiger partial charge in [0, 0.05) is 12.2 Å². The van der Waals surface area contributed by atoms with E-state index in [2.05, 4.69) is 4.74 Å². The van der Waals surface area contributed by atoms with E-state index >= 15 is 0 Å². The van der Waals surface area contributed by atoms with Crippen molar-refractivity contribution >= 4 is 11.9 Å². The zero-order chi connectivity index (χ0) is 23.2. The summed E-state index contributed by atoms with van der Waals surface area (Å²) >= 11 is 0. The molecule has 0 fully saturated rings. The minimum absolute atomic E-state index is 0.236. The minimum atomic E-state index is -6.50. The highest BCUT2D eigenvalue weighted by atomic mass is 19.4. The van der Waals surface area contributed by atoms with Gasteiger partial charge < -0.3 is 9.47 Å².